The molecule has 0 aliphatic carbocycles. The van der Waals surface area contributed by atoms with Gasteiger partial charge in [-0.2, -0.15) is 0 Å². The van der Waals surface area contributed by atoms with Crippen LogP contribution in [0.4, 0.5) is 0 Å². The van der Waals surface area contributed by atoms with Gasteiger partial charge >= 0.3 is 0 Å². The maximum Gasteiger partial charge on any atom is 0.107 e. The standard InChI is InChI=1S/C11H18N2O2S/c1-2-3-12-4-11-13-9(8-16-11)5-15-10-6-14-7-10/h8,10,12H,2-7H2,1H3. The number of ether oxygens (including phenoxy) is 2. The minimum Gasteiger partial charge on any atom is -0.376 e. The second-order valence-corrected chi connectivity index (χ2v) is 4.82. The molecule has 0 bridgehead atoms. The summed E-state index contributed by atoms with van der Waals surface area (Å²) in [6, 6.07) is 0. The molecule has 2 heterocycles. The van der Waals surface area contributed by atoms with Crippen LogP contribution in [0.2, 0.25) is 0 Å². The molecule has 90 valence electrons. The van der Waals surface area contributed by atoms with Crippen LogP contribution < -0.4 is 5.32 Å². The molecule has 2 rings (SSSR count). The predicted molar refractivity (Wildman–Crippen MR) is 63.5 cm³/mol. The zero-order valence-corrected chi connectivity index (χ0v) is 10.4. The molecular formula is C11H18N2O2S. The maximum absolute atomic E-state index is 5.60. The summed E-state index contributed by atoms with van der Waals surface area (Å²) in [5, 5.41) is 6.55. The molecule has 16 heavy (non-hydrogen) atoms. The molecule has 1 aliphatic rings. The van der Waals surface area contributed by atoms with Gasteiger partial charge in [0, 0.05) is 11.9 Å². The number of nitrogens with one attached hydrogen (secondary N) is 1. The molecule has 0 radical (unpaired) electrons. The van der Waals surface area contributed by atoms with E-state index in [9.17, 15) is 0 Å². The van der Waals surface area contributed by atoms with E-state index in [-0.39, 0.29) is 6.10 Å². The average molecular weight is 242 g/mol. The monoisotopic (exact) mass is 242 g/mol. The highest BCUT2D eigenvalue weighted by Gasteiger charge is 2.19. The molecular weight excluding hydrogens is 224 g/mol. The van der Waals surface area contributed by atoms with Gasteiger partial charge in [0.1, 0.15) is 11.1 Å². The van der Waals surface area contributed by atoms with Gasteiger partial charge in [0.2, 0.25) is 0 Å². The van der Waals surface area contributed by atoms with Gasteiger partial charge in [0.05, 0.1) is 25.5 Å². The number of aromatic nitrogens is 1. The number of nitrogens with zero attached hydrogens (tertiary/aromatic N) is 1. The minimum atomic E-state index is 0.281. The first-order valence-corrected chi connectivity index (χ1v) is 6.59. The van der Waals surface area contributed by atoms with Gasteiger partial charge in [-0.25, -0.2) is 4.98 Å². The summed E-state index contributed by atoms with van der Waals surface area (Å²) in [7, 11) is 0. The molecule has 0 spiro atoms. The Balaban J connectivity index is 1.68. The molecule has 0 aromatic carbocycles. The van der Waals surface area contributed by atoms with Crippen LogP contribution in [0.1, 0.15) is 24.0 Å². The van der Waals surface area contributed by atoms with E-state index in [0.717, 1.165) is 43.4 Å². The van der Waals surface area contributed by atoms with Crippen molar-refractivity contribution in [2.24, 2.45) is 0 Å². The van der Waals surface area contributed by atoms with Gasteiger partial charge in [-0.3, -0.25) is 0 Å². The Morgan fingerprint density at radius 2 is 2.50 bits per heavy atom. The summed E-state index contributed by atoms with van der Waals surface area (Å²) < 4.78 is 10.6. The second-order valence-electron chi connectivity index (χ2n) is 3.88. The topological polar surface area (TPSA) is 43.4 Å². The molecule has 1 saturated heterocycles. The van der Waals surface area contributed by atoms with Crippen molar-refractivity contribution in [3.8, 4) is 0 Å². The van der Waals surface area contributed by atoms with Crippen LogP contribution in [-0.2, 0) is 22.6 Å². The predicted octanol–water partition coefficient (Wildman–Crippen LogP) is 1.56. The molecule has 1 fully saturated rings. The summed E-state index contributed by atoms with van der Waals surface area (Å²) in [5.74, 6) is 0. The van der Waals surface area contributed by atoms with Crippen molar-refractivity contribution in [1.29, 1.82) is 0 Å². The van der Waals surface area contributed by atoms with Crippen molar-refractivity contribution < 1.29 is 9.47 Å². The third kappa shape index (κ3) is 3.52. The fraction of sp³-hybridized carbons (Fsp3) is 0.727. The van der Waals surface area contributed by atoms with E-state index < -0.39 is 0 Å². The Labute approximate surface area is 100.0 Å². The summed E-state index contributed by atoms with van der Waals surface area (Å²) in [6.07, 6.45) is 1.44. The summed E-state index contributed by atoms with van der Waals surface area (Å²) in [4.78, 5) is 4.50. The number of thiazole rings is 1. The molecule has 1 aliphatic heterocycles. The number of hydrogen-bond donors (Lipinski definition) is 1. The summed E-state index contributed by atoms with van der Waals surface area (Å²) in [5.41, 5.74) is 1.03. The van der Waals surface area contributed by atoms with Crippen LogP contribution in [0.15, 0.2) is 5.38 Å². The van der Waals surface area contributed by atoms with E-state index in [4.69, 9.17) is 9.47 Å². The van der Waals surface area contributed by atoms with Crippen LogP contribution >= 0.6 is 11.3 Å². The average Bonchev–Trinajstić information content (AvgIpc) is 2.64. The van der Waals surface area contributed by atoms with Gasteiger partial charge in [-0.1, -0.05) is 6.92 Å². The smallest absolute Gasteiger partial charge is 0.107 e. The number of hydrogen-bond acceptors (Lipinski definition) is 5. The molecule has 0 atom stereocenters. The highest BCUT2D eigenvalue weighted by molar-refractivity contribution is 7.09. The molecule has 4 nitrogen and oxygen atoms in total. The van der Waals surface area contributed by atoms with Crippen molar-refractivity contribution in [2.45, 2.75) is 32.6 Å². The van der Waals surface area contributed by atoms with E-state index in [1.807, 2.05) is 0 Å². The van der Waals surface area contributed by atoms with E-state index in [1.54, 1.807) is 11.3 Å². The van der Waals surface area contributed by atoms with E-state index in [1.165, 1.54) is 0 Å². The lowest BCUT2D eigenvalue weighted by atomic mass is 10.3. The highest BCUT2D eigenvalue weighted by atomic mass is 32.1. The third-order valence-corrected chi connectivity index (χ3v) is 3.27. The van der Waals surface area contributed by atoms with Crippen LogP contribution in [0.5, 0.6) is 0 Å². The molecule has 0 saturated carbocycles. The Bertz CT molecular complexity index is 313. The van der Waals surface area contributed by atoms with Crippen molar-refractivity contribution in [1.82, 2.24) is 10.3 Å². The first-order chi connectivity index (χ1) is 7.88. The first kappa shape index (κ1) is 12.0. The van der Waals surface area contributed by atoms with Crippen LogP contribution in [0.25, 0.3) is 0 Å². The molecule has 0 amide bonds. The Kier molecular flexibility index (Phi) is 4.71. The van der Waals surface area contributed by atoms with Gasteiger partial charge in [-0.15, -0.1) is 11.3 Å². The fourth-order valence-corrected chi connectivity index (χ4v) is 2.13. The Morgan fingerprint density at radius 3 is 3.19 bits per heavy atom. The third-order valence-electron chi connectivity index (χ3n) is 2.38. The maximum atomic E-state index is 5.60. The lowest BCUT2D eigenvalue weighted by Gasteiger charge is -2.25. The van der Waals surface area contributed by atoms with Crippen LogP contribution in [-0.4, -0.2) is 30.8 Å². The highest BCUT2D eigenvalue weighted by Crippen LogP contribution is 2.13. The Hall–Kier alpha value is -0.490. The summed E-state index contributed by atoms with van der Waals surface area (Å²) in [6.45, 7) is 6.15. The second kappa shape index (κ2) is 6.30. The lowest BCUT2D eigenvalue weighted by molar-refractivity contribution is -0.135. The van der Waals surface area contributed by atoms with Crippen molar-refractivity contribution in [3.05, 3.63) is 16.1 Å². The zero-order valence-electron chi connectivity index (χ0n) is 9.57. The molecule has 1 N–H and O–H groups in total. The number of rotatable bonds is 7. The van der Waals surface area contributed by atoms with Crippen LogP contribution in [0, 0.1) is 0 Å². The largest absolute Gasteiger partial charge is 0.376 e. The SMILES string of the molecule is CCCNCc1nc(COC2COC2)cs1. The van der Waals surface area contributed by atoms with E-state index >= 15 is 0 Å². The molecule has 0 unspecified atom stereocenters. The summed E-state index contributed by atoms with van der Waals surface area (Å²) >= 11 is 1.69. The van der Waals surface area contributed by atoms with E-state index in [2.05, 4.69) is 22.6 Å². The van der Waals surface area contributed by atoms with Gasteiger partial charge in [-0.05, 0) is 13.0 Å². The van der Waals surface area contributed by atoms with Gasteiger partial charge in [0.15, 0.2) is 0 Å². The fourth-order valence-electron chi connectivity index (χ4n) is 1.38. The molecule has 1 aromatic rings. The zero-order chi connectivity index (χ0) is 11.2. The normalized spacial score (nSPS) is 16.3. The van der Waals surface area contributed by atoms with E-state index in [0.29, 0.717) is 6.61 Å². The first-order valence-electron chi connectivity index (χ1n) is 5.72. The van der Waals surface area contributed by atoms with Gasteiger partial charge in [0.25, 0.3) is 0 Å². The Morgan fingerprint density at radius 1 is 1.62 bits per heavy atom. The van der Waals surface area contributed by atoms with Crippen molar-refractivity contribution in [2.75, 3.05) is 19.8 Å². The molecule has 1 aromatic heterocycles. The lowest BCUT2D eigenvalue weighted by Crippen LogP contribution is -2.35. The quantitative estimate of drug-likeness (QED) is 0.737. The van der Waals surface area contributed by atoms with Crippen molar-refractivity contribution >= 4 is 11.3 Å². The van der Waals surface area contributed by atoms with Crippen molar-refractivity contribution in [3.63, 3.8) is 0 Å². The van der Waals surface area contributed by atoms with Crippen LogP contribution in [0.3, 0.4) is 0 Å². The molecule has 5 heteroatoms. The minimum absolute atomic E-state index is 0.281. The van der Waals surface area contributed by atoms with Gasteiger partial charge < -0.3 is 14.8 Å².